The third-order valence-electron chi connectivity index (χ3n) is 4.47. The molecule has 1 fully saturated rings. The normalized spacial score (nSPS) is 20.0. The quantitative estimate of drug-likeness (QED) is 0.591. The lowest BCUT2D eigenvalue weighted by molar-refractivity contribution is -0.117. The van der Waals surface area contributed by atoms with Gasteiger partial charge in [0.25, 0.3) is 0 Å². The Balaban J connectivity index is 1.80. The average molecular weight is 385 g/mol. The van der Waals surface area contributed by atoms with Crippen LogP contribution in [-0.2, 0) is 4.79 Å². The summed E-state index contributed by atoms with van der Waals surface area (Å²) in [6.45, 7) is 1.92. The van der Waals surface area contributed by atoms with Crippen LogP contribution in [0.4, 0.5) is 5.69 Å². The number of benzene rings is 2. The molecule has 1 saturated heterocycles. The van der Waals surface area contributed by atoms with E-state index in [0.717, 1.165) is 27.9 Å². The van der Waals surface area contributed by atoms with Crippen LogP contribution in [0.25, 0.3) is 10.9 Å². The number of pyridine rings is 1. The van der Waals surface area contributed by atoms with Crippen molar-refractivity contribution in [3.05, 3.63) is 65.3 Å². The molecule has 6 heteroatoms. The Bertz CT molecular complexity index is 977. The lowest BCUT2D eigenvalue weighted by Crippen LogP contribution is -2.30. The Labute approximate surface area is 161 Å². The van der Waals surface area contributed by atoms with Crippen molar-refractivity contribution < 1.29 is 9.53 Å². The lowest BCUT2D eigenvalue weighted by Gasteiger charge is -2.25. The number of ether oxygens (including phenoxy) is 1. The second-order valence-corrected chi connectivity index (χ2v) is 7.88. The van der Waals surface area contributed by atoms with Gasteiger partial charge >= 0.3 is 0 Å². The fourth-order valence-corrected chi connectivity index (χ4v) is 4.73. The standard InChI is InChI=1S/C20H17ClN2O2S/c1-12-19(24)23(14-7-9-15(25-2)10-8-14)20(26-12)16-11-13-5-3-4-6-17(13)22-18(16)21/h3-12,20H,1-2H3. The van der Waals surface area contributed by atoms with E-state index in [-0.39, 0.29) is 16.5 Å². The number of halogens is 1. The Morgan fingerprint density at radius 2 is 1.88 bits per heavy atom. The van der Waals surface area contributed by atoms with Crippen LogP contribution in [0, 0.1) is 0 Å². The number of carbonyl (C=O) groups is 1. The smallest absolute Gasteiger partial charge is 0.241 e. The Kier molecular flexibility index (Phi) is 4.51. The van der Waals surface area contributed by atoms with Crippen molar-refractivity contribution in [1.29, 1.82) is 0 Å². The molecule has 0 spiro atoms. The molecule has 4 nitrogen and oxygen atoms in total. The largest absolute Gasteiger partial charge is 0.497 e. The molecule has 2 atom stereocenters. The molecule has 1 amide bonds. The first-order valence-corrected chi connectivity index (χ1v) is 9.58. The van der Waals surface area contributed by atoms with E-state index in [4.69, 9.17) is 16.3 Å². The molecule has 0 N–H and O–H groups in total. The van der Waals surface area contributed by atoms with Crippen LogP contribution in [0.5, 0.6) is 5.75 Å². The first-order valence-electron chi connectivity index (χ1n) is 8.26. The average Bonchev–Trinajstić information content (AvgIpc) is 2.96. The van der Waals surface area contributed by atoms with Crippen molar-refractivity contribution in [2.75, 3.05) is 12.0 Å². The minimum absolute atomic E-state index is 0.0643. The molecule has 0 aliphatic carbocycles. The number of carbonyl (C=O) groups excluding carboxylic acids is 1. The number of anilines is 1. The van der Waals surface area contributed by atoms with Gasteiger partial charge in [0.1, 0.15) is 16.3 Å². The second-order valence-electron chi connectivity index (χ2n) is 6.10. The summed E-state index contributed by atoms with van der Waals surface area (Å²) in [5, 5.41) is 1.08. The topological polar surface area (TPSA) is 42.4 Å². The summed E-state index contributed by atoms with van der Waals surface area (Å²) in [5.41, 5.74) is 2.52. The van der Waals surface area contributed by atoms with Crippen LogP contribution < -0.4 is 9.64 Å². The van der Waals surface area contributed by atoms with Gasteiger partial charge in [0, 0.05) is 16.6 Å². The summed E-state index contributed by atoms with van der Waals surface area (Å²) in [6, 6.07) is 17.4. The molecule has 2 aromatic carbocycles. The van der Waals surface area contributed by atoms with Crippen LogP contribution in [0.15, 0.2) is 54.6 Å². The number of methoxy groups -OCH3 is 1. The molecule has 1 aliphatic heterocycles. The zero-order chi connectivity index (χ0) is 18.3. The minimum atomic E-state index is -0.212. The van der Waals surface area contributed by atoms with Crippen molar-refractivity contribution in [2.45, 2.75) is 17.5 Å². The maximum atomic E-state index is 12.8. The summed E-state index contributed by atoms with van der Waals surface area (Å²) < 4.78 is 5.22. The van der Waals surface area contributed by atoms with E-state index in [9.17, 15) is 4.79 Å². The van der Waals surface area contributed by atoms with Crippen LogP contribution in [0.2, 0.25) is 5.15 Å². The van der Waals surface area contributed by atoms with Gasteiger partial charge in [-0.05, 0) is 43.3 Å². The molecule has 4 rings (SSSR count). The number of fused-ring (bicyclic) bond motifs is 1. The predicted molar refractivity (Wildman–Crippen MR) is 107 cm³/mol. The molecule has 0 saturated carbocycles. The highest BCUT2D eigenvalue weighted by Gasteiger charge is 2.40. The van der Waals surface area contributed by atoms with Gasteiger partial charge in [-0.15, -0.1) is 11.8 Å². The van der Waals surface area contributed by atoms with Crippen molar-refractivity contribution in [1.82, 2.24) is 4.98 Å². The van der Waals surface area contributed by atoms with E-state index in [1.165, 1.54) is 0 Å². The van der Waals surface area contributed by atoms with E-state index in [1.54, 1.807) is 23.8 Å². The summed E-state index contributed by atoms with van der Waals surface area (Å²) in [7, 11) is 1.62. The Morgan fingerprint density at radius 3 is 2.62 bits per heavy atom. The van der Waals surface area contributed by atoms with Gasteiger partial charge in [-0.25, -0.2) is 4.98 Å². The summed E-state index contributed by atoms with van der Waals surface area (Å²) in [6.07, 6.45) is 0. The highest BCUT2D eigenvalue weighted by Crippen LogP contribution is 2.47. The number of rotatable bonds is 3. The first-order chi connectivity index (χ1) is 12.6. The van der Waals surface area contributed by atoms with Crippen molar-refractivity contribution in [2.24, 2.45) is 0 Å². The van der Waals surface area contributed by atoms with Gasteiger partial charge in [-0.2, -0.15) is 0 Å². The molecule has 0 bridgehead atoms. The predicted octanol–water partition coefficient (Wildman–Crippen LogP) is 5.06. The molecule has 0 radical (unpaired) electrons. The molecule has 2 heterocycles. The lowest BCUT2D eigenvalue weighted by atomic mass is 10.1. The van der Waals surface area contributed by atoms with Crippen LogP contribution in [0.1, 0.15) is 17.9 Å². The first kappa shape index (κ1) is 17.2. The number of nitrogens with zero attached hydrogens (tertiary/aromatic N) is 2. The number of hydrogen-bond donors (Lipinski definition) is 0. The molecular weight excluding hydrogens is 368 g/mol. The second kappa shape index (κ2) is 6.82. The van der Waals surface area contributed by atoms with Gasteiger partial charge in [0.05, 0.1) is 17.9 Å². The van der Waals surface area contributed by atoms with Crippen molar-refractivity contribution in [3.8, 4) is 5.75 Å². The summed E-state index contributed by atoms with van der Waals surface area (Å²) in [4.78, 5) is 19.1. The molecule has 26 heavy (non-hydrogen) atoms. The number of para-hydroxylation sites is 1. The van der Waals surface area contributed by atoms with E-state index in [2.05, 4.69) is 4.98 Å². The van der Waals surface area contributed by atoms with Gasteiger partial charge in [-0.3, -0.25) is 9.69 Å². The number of amides is 1. The SMILES string of the molecule is COc1ccc(N2C(=O)C(C)SC2c2cc3ccccc3nc2Cl)cc1. The maximum Gasteiger partial charge on any atom is 0.241 e. The van der Waals surface area contributed by atoms with Crippen molar-refractivity contribution in [3.63, 3.8) is 0 Å². The minimum Gasteiger partial charge on any atom is -0.497 e. The third-order valence-corrected chi connectivity index (χ3v) is 6.11. The molecule has 1 aliphatic rings. The zero-order valence-electron chi connectivity index (χ0n) is 14.3. The number of aromatic nitrogens is 1. The highest BCUT2D eigenvalue weighted by molar-refractivity contribution is 8.01. The fraction of sp³-hybridized carbons (Fsp3) is 0.200. The highest BCUT2D eigenvalue weighted by atomic mass is 35.5. The van der Waals surface area contributed by atoms with Crippen LogP contribution >= 0.6 is 23.4 Å². The summed E-state index contributed by atoms with van der Waals surface area (Å²) in [5.74, 6) is 0.817. The van der Waals surface area contributed by atoms with Crippen molar-refractivity contribution >= 4 is 45.9 Å². The van der Waals surface area contributed by atoms with E-state index < -0.39 is 0 Å². The van der Waals surface area contributed by atoms with Gasteiger partial charge < -0.3 is 4.74 Å². The molecule has 132 valence electrons. The number of hydrogen-bond acceptors (Lipinski definition) is 4. The van der Waals surface area contributed by atoms with Crippen LogP contribution in [0.3, 0.4) is 0 Å². The van der Waals surface area contributed by atoms with E-state index in [0.29, 0.717) is 5.15 Å². The molecular formula is C20H17ClN2O2S. The van der Waals surface area contributed by atoms with Gasteiger partial charge in [0.15, 0.2) is 0 Å². The number of thioether (sulfide) groups is 1. The monoisotopic (exact) mass is 384 g/mol. The fourth-order valence-electron chi connectivity index (χ4n) is 3.12. The molecule has 1 aromatic heterocycles. The molecule has 2 unspecified atom stereocenters. The van der Waals surface area contributed by atoms with Gasteiger partial charge in [-0.1, -0.05) is 29.8 Å². The Hall–Kier alpha value is -2.24. The maximum absolute atomic E-state index is 12.8. The molecule has 3 aromatic rings. The third kappa shape index (κ3) is 2.91. The van der Waals surface area contributed by atoms with Gasteiger partial charge in [0.2, 0.25) is 5.91 Å². The zero-order valence-corrected chi connectivity index (χ0v) is 15.9. The Morgan fingerprint density at radius 1 is 1.15 bits per heavy atom. The summed E-state index contributed by atoms with van der Waals surface area (Å²) >= 11 is 8.08. The van der Waals surface area contributed by atoms with E-state index >= 15 is 0 Å². The van der Waals surface area contributed by atoms with E-state index in [1.807, 2.05) is 61.5 Å². The van der Waals surface area contributed by atoms with Crippen LogP contribution in [-0.4, -0.2) is 23.3 Å².